The lowest BCUT2D eigenvalue weighted by atomic mass is 9.91. The number of benzene rings is 1. The summed E-state index contributed by atoms with van der Waals surface area (Å²) in [7, 11) is -3.80. The first-order valence-electron chi connectivity index (χ1n) is 15.3. The Bertz CT molecular complexity index is 1510. The van der Waals surface area contributed by atoms with Crippen molar-refractivity contribution in [1.82, 2.24) is 29.9 Å². The first kappa shape index (κ1) is 35.8. The Morgan fingerprint density at radius 1 is 1.20 bits per heavy atom. The molecule has 1 fully saturated rings. The summed E-state index contributed by atoms with van der Waals surface area (Å²) in [6, 6.07) is 9.50. The highest BCUT2D eigenvalue weighted by molar-refractivity contribution is 8.13. The summed E-state index contributed by atoms with van der Waals surface area (Å²) < 4.78 is 38.8. The van der Waals surface area contributed by atoms with Crippen molar-refractivity contribution >= 4 is 47.7 Å². The molecule has 3 heterocycles. The highest BCUT2D eigenvalue weighted by atomic mass is 32.2. The molecule has 2 aromatic heterocycles. The van der Waals surface area contributed by atoms with Crippen LogP contribution in [0.15, 0.2) is 43.0 Å². The average Bonchev–Trinajstić information content (AvgIpc) is 3.61. The second-order valence-electron chi connectivity index (χ2n) is 12.0. The summed E-state index contributed by atoms with van der Waals surface area (Å²) in [5, 5.41) is 5.55. The monoisotopic (exact) mass is 677 g/mol. The van der Waals surface area contributed by atoms with Crippen LogP contribution in [0.5, 0.6) is 0 Å². The molecule has 0 aliphatic carbocycles. The van der Waals surface area contributed by atoms with Crippen molar-refractivity contribution in [1.29, 1.82) is 0 Å². The molecule has 1 aliphatic rings. The third kappa shape index (κ3) is 9.96. The van der Waals surface area contributed by atoms with E-state index in [1.54, 1.807) is 20.2 Å². The van der Waals surface area contributed by atoms with Gasteiger partial charge in [-0.25, -0.2) is 29.4 Å². The molecule has 3 aromatic rings. The van der Waals surface area contributed by atoms with E-state index in [-0.39, 0.29) is 55.0 Å². The molecule has 1 saturated heterocycles. The van der Waals surface area contributed by atoms with E-state index < -0.39 is 19.3 Å². The number of alkyl carbamates (subject to hydrolysis) is 1. The fraction of sp³-hybridized carbons (Fsp3) is 0.567. The topological polar surface area (TPSA) is 182 Å². The Hall–Kier alpha value is -3.07. The molecule has 1 aromatic carbocycles. The van der Waals surface area contributed by atoms with Crippen molar-refractivity contribution in [3.8, 4) is 0 Å². The molecule has 16 heteroatoms. The molecular weight excluding hydrogens is 633 g/mol. The standard InChI is InChI=1S/C30H44N7O7PS/c1-20(2)43-29(39)32-12-11-30(4,5)28(38)46-14-13-41-45(40,36-16-22-9-7-6-8-10-22)42-17-23-15-21(3)27(44-23)37-19-35-24-25(31)33-18-34-26(24)37/h6-10,18-21,23,27H,11-17H2,1-5H3,(H,32,39)(H,36,40)(H2,31,33,34)/t21-,23-,27+,45?/m0/s1. The van der Waals surface area contributed by atoms with Crippen LogP contribution < -0.4 is 16.1 Å². The van der Waals surface area contributed by atoms with Crippen LogP contribution in [0.2, 0.25) is 0 Å². The van der Waals surface area contributed by atoms with Gasteiger partial charge < -0.3 is 20.5 Å². The second-order valence-corrected chi connectivity index (χ2v) is 14.9. The zero-order valence-electron chi connectivity index (χ0n) is 26.9. The van der Waals surface area contributed by atoms with Crippen LogP contribution in [-0.2, 0) is 34.4 Å². The molecule has 4 N–H and O–H groups in total. The van der Waals surface area contributed by atoms with Gasteiger partial charge in [0.1, 0.15) is 18.1 Å². The third-order valence-electron chi connectivity index (χ3n) is 7.36. The van der Waals surface area contributed by atoms with Crippen molar-refractivity contribution < 1.29 is 32.7 Å². The predicted molar refractivity (Wildman–Crippen MR) is 176 cm³/mol. The summed E-state index contributed by atoms with van der Waals surface area (Å²) in [4.78, 5) is 37.3. The summed E-state index contributed by atoms with van der Waals surface area (Å²) in [5.41, 5.74) is 7.23. The number of anilines is 1. The number of carbonyl (C=O) groups is 2. The van der Waals surface area contributed by atoms with Crippen molar-refractivity contribution in [2.75, 3.05) is 31.2 Å². The minimum absolute atomic E-state index is 0.0111. The molecule has 1 aliphatic heterocycles. The maximum absolute atomic E-state index is 13.9. The van der Waals surface area contributed by atoms with Gasteiger partial charge in [-0.3, -0.25) is 18.4 Å². The molecule has 252 valence electrons. The minimum Gasteiger partial charge on any atom is -0.447 e. The lowest BCUT2D eigenvalue weighted by molar-refractivity contribution is -0.118. The lowest BCUT2D eigenvalue weighted by Crippen LogP contribution is -2.32. The Labute approximate surface area is 273 Å². The fourth-order valence-electron chi connectivity index (χ4n) is 4.84. The number of amides is 1. The number of ether oxygens (including phenoxy) is 2. The Morgan fingerprint density at radius 3 is 2.70 bits per heavy atom. The number of nitrogen functional groups attached to an aromatic ring is 1. The maximum atomic E-state index is 13.9. The zero-order valence-corrected chi connectivity index (χ0v) is 28.6. The van der Waals surface area contributed by atoms with E-state index in [2.05, 4.69) is 25.4 Å². The van der Waals surface area contributed by atoms with Gasteiger partial charge in [0.05, 0.1) is 31.7 Å². The van der Waals surface area contributed by atoms with Crippen molar-refractivity contribution in [3.63, 3.8) is 0 Å². The van der Waals surface area contributed by atoms with Crippen LogP contribution in [-0.4, -0.2) is 68.4 Å². The summed E-state index contributed by atoms with van der Waals surface area (Å²) in [5.74, 6) is 0.644. The molecular formula is C30H44N7O7PS. The minimum atomic E-state index is -3.80. The van der Waals surface area contributed by atoms with Gasteiger partial charge in [0.2, 0.25) is 0 Å². The number of imidazole rings is 1. The quantitative estimate of drug-likeness (QED) is 0.135. The van der Waals surface area contributed by atoms with Gasteiger partial charge >= 0.3 is 13.8 Å². The molecule has 4 rings (SSSR count). The maximum Gasteiger partial charge on any atom is 0.407 e. The molecule has 0 radical (unpaired) electrons. The van der Waals surface area contributed by atoms with E-state index in [0.717, 1.165) is 17.3 Å². The Kier molecular flexibility index (Phi) is 12.6. The largest absolute Gasteiger partial charge is 0.447 e. The van der Waals surface area contributed by atoms with Crippen molar-refractivity contribution in [2.45, 2.75) is 72.4 Å². The van der Waals surface area contributed by atoms with E-state index >= 15 is 0 Å². The number of nitrogens with one attached hydrogen (secondary N) is 2. The number of aromatic nitrogens is 4. The normalized spacial score (nSPS) is 19.7. The summed E-state index contributed by atoms with van der Waals surface area (Å²) in [6.07, 6.45) is 2.63. The fourth-order valence-corrected chi connectivity index (χ4v) is 7.13. The smallest absolute Gasteiger partial charge is 0.407 e. The molecule has 0 bridgehead atoms. The van der Waals surface area contributed by atoms with E-state index in [9.17, 15) is 14.2 Å². The number of carbonyl (C=O) groups excluding carboxylic acids is 2. The Balaban J connectivity index is 1.30. The summed E-state index contributed by atoms with van der Waals surface area (Å²) >= 11 is 1.09. The van der Waals surface area contributed by atoms with E-state index in [0.29, 0.717) is 36.4 Å². The number of hydrogen-bond donors (Lipinski definition) is 3. The Morgan fingerprint density at radius 2 is 1.96 bits per heavy atom. The van der Waals surface area contributed by atoms with Gasteiger partial charge in [-0.2, -0.15) is 0 Å². The van der Waals surface area contributed by atoms with E-state index in [1.165, 1.54) is 6.33 Å². The summed E-state index contributed by atoms with van der Waals surface area (Å²) in [6.45, 7) is 9.81. The van der Waals surface area contributed by atoms with Gasteiger partial charge in [-0.15, -0.1) is 0 Å². The third-order valence-corrected chi connectivity index (χ3v) is 10.1. The lowest BCUT2D eigenvalue weighted by Gasteiger charge is -2.23. The average molecular weight is 678 g/mol. The van der Waals surface area contributed by atoms with Crippen LogP contribution >= 0.6 is 19.5 Å². The van der Waals surface area contributed by atoms with Crippen LogP contribution in [0.4, 0.5) is 10.6 Å². The number of thioether (sulfide) groups is 1. The van der Waals surface area contributed by atoms with E-state index in [4.69, 9.17) is 24.3 Å². The molecule has 14 nitrogen and oxygen atoms in total. The van der Waals surface area contributed by atoms with Crippen molar-refractivity contribution in [3.05, 3.63) is 48.5 Å². The SMILES string of the molecule is CC(C)OC(=O)NCCC(C)(C)C(=O)SCCOP(=O)(NCc1ccccc1)OC[C@@H]1C[C@H](C)[C@H](n2cnc3c(N)ncnc32)O1. The molecule has 1 amide bonds. The van der Waals surface area contributed by atoms with Crippen LogP contribution in [0.1, 0.15) is 59.3 Å². The van der Waals surface area contributed by atoms with Gasteiger partial charge in [0, 0.05) is 30.2 Å². The molecule has 0 spiro atoms. The molecule has 4 atom stereocenters. The highest BCUT2D eigenvalue weighted by Gasteiger charge is 2.37. The predicted octanol–water partition coefficient (Wildman–Crippen LogP) is 5.07. The van der Waals surface area contributed by atoms with Gasteiger partial charge in [0.15, 0.2) is 16.6 Å². The first-order chi connectivity index (χ1) is 21.9. The van der Waals surface area contributed by atoms with E-state index in [1.807, 2.05) is 55.7 Å². The number of fused-ring (bicyclic) bond motifs is 1. The number of nitrogens with two attached hydrogens (primary N) is 1. The van der Waals surface area contributed by atoms with Gasteiger partial charge in [0.25, 0.3) is 0 Å². The highest BCUT2D eigenvalue weighted by Crippen LogP contribution is 2.46. The zero-order chi connectivity index (χ0) is 33.3. The number of hydrogen-bond acceptors (Lipinski definition) is 12. The van der Waals surface area contributed by atoms with Gasteiger partial charge in [-0.1, -0.05) is 62.9 Å². The number of rotatable bonds is 16. The first-order valence-corrected chi connectivity index (χ1v) is 17.8. The molecule has 1 unspecified atom stereocenters. The molecule has 46 heavy (non-hydrogen) atoms. The van der Waals surface area contributed by atoms with Gasteiger partial charge in [-0.05, 0) is 32.3 Å². The van der Waals surface area contributed by atoms with Crippen LogP contribution in [0.3, 0.4) is 0 Å². The van der Waals surface area contributed by atoms with Crippen molar-refractivity contribution in [2.24, 2.45) is 11.3 Å². The van der Waals surface area contributed by atoms with Crippen LogP contribution in [0.25, 0.3) is 11.2 Å². The molecule has 0 saturated carbocycles. The number of nitrogens with zero attached hydrogens (tertiary/aromatic N) is 4. The van der Waals surface area contributed by atoms with Crippen LogP contribution in [0, 0.1) is 11.3 Å². The second kappa shape index (κ2) is 16.2.